The zero-order valence-electron chi connectivity index (χ0n) is 19.3. The highest BCUT2D eigenvalue weighted by atomic mass is 19.4. The van der Waals surface area contributed by atoms with Crippen LogP contribution in [-0.2, 0) is 31.0 Å². The highest BCUT2D eigenvalue weighted by molar-refractivity contribution is 5.88. The summed E-state index contributed by atoms with van der Waals surface area (Å²) in [7, 11) is 1.99. The van der Waals surface area contributed by atoms with E-state index in [1.165, 1.54) is 22.4 Å². The van der Waals surface area contributed by atoms with Crippen LogP contribution in [0.1, 0.15) is 30.2 Å². The molecule has 0 aliphatic carbocycles. The van der Waals surface area contributed by atoms with E-state index < -0.39 is 11.7 Å². The summed E-state index contributed by atoms with van der Waals surface area (Å²) in [5.41, 5.74) is 3.55. The Bertz CT molecular complexity index is 1500. The monoisotopic (exact) mass is 480 g/mol. The Labute approximate surface area is 199 Å². The van der Waals surface area contributed by atoms with Crippen molar-refractivity contribution in [2.75, 3.05) is 6.54 Å². The molecule has 0 spiro atoms. The van der Waals surface area contributed by atoms with E-state index in [4.69, 9.17) is 0 Å². The maximum atomic E-state index is 12.9. The van der Waals surface area contributed by atoms with Crippen LogP contribution in [0.25, 0.3) is 27.8 Å². The van der Waals surface area contributed by atoms with E-state index in [-0.39, 0.29) is 11.5 Å². The van der Waals surface area contributed by atoms with Crippen molar-refractivity contribution in [2.24, 2.45) is 7.05 Å². The molecule has 0 N–H and O–H groups in total. The fourth-order valence-electron chi connectivity index (χ4n) is 4.73. The van der Waals surface area contributed by atoms with Crippen LogP contribution in [0.15, 0.2) is 59.7 Å². The molecule has 1 aliphatic rings. The lowest BCUT2D eigenvalue weighted by molar-refractivity contribution is -0.137. The van der Waals surface area contributed by atoms with Crippen LogP contribution in [0.4, 0.5) is 13.2 Å². The maximum absolute atomic E-state index is 12.9. The van der Waals surface area contributed by atoms with E-state index in [9.17, 15) is 22.8 Å². The number of alkyl halides is 3. The van der Waals surface area contributed by atoms with Crippen LogP contribution in [0.5, 0.6) is 0 Å². The Morgan fingerprint density at radius 3 is 2.57 bits per heavy atom. The normalized spacial score (nSPS) is 13.8. The van der Waals surface area contributed by atoms with Gasteiger partial charge in [0.05, 0.1) is 22.5 Å². The van der Waals surface area contributed by atoms with Crippen molar-refractivity contribution < 1.29 is 18.0 Å². The van der Waals surface area contributed by atoms with Gasteiger partial charge in [-0.2, -0.15) is 13.2 Å². The van der Waals surface area contributed by atoms with Crippen LogP contribution in [0.2, 0.25) is 0 Å². The molecule has 1 aliphatic heterocycles. The summed E-state index contributed by atoms with van der Waals surface area (Å²) in [4.78, 5) is 30.9. The Morgan fingerprint density at radius 1 is 1.11 bits per heavy atom. The van der Waals surface area contributed by atoms with E-state index in [0.717, 1.165) is 35.2 Å². The standard InChI is InChI=1S/C26H23F3N4O2/c1-3-24(34)32-10-9-22-20(15-32)19-6-5-18(13-23(19)31(22)2)33-11-8-16(12-25(33)35)21-7-4-17(14-30-21)26(27,28)29/h4-8,11-14H,3,9-10,15H2,1-2H3. The minimum absolute atomic E-state index is 0.137. The van der Waals surface area contributed by atoms with Gasteiger partial charge in [0.25, 0.3) is 5.56 Å². The Morgan fingerprint density at radius 2 is 1.91 bits per heavy atom. The summed E-state index contributed by atoms with van der Waals surface area (Å²) in [6, 6.07) is 11.0. The first kappa shape index (κ1) is 22.9. The average Bonchev–Trinajstić information content (AvgIpc) is 3.13. The number of hydrogen-bond donors (Lipinski definition) is 0. The fraction of sp³-hybridized carbons (Fsp3) is 0.269. The number of aromatic nitrogens is 3. The Hall–Kier alpha value is -3.88. The minimum Gasteiger partial charge on any atom is -0.347 e. The van der Waals surface area contributed by atoms with Gasteiger partial charge in [-0.05, 0) is 30.3 Å². The lowest BCUT2D eigenvalue weighted by Crippen LogP contribution is -2.35. The molecule has 3 aromatic heterocycles. The molecule has 0 radical (unpaired) electrons. The van der Waals surface area contributed by atoms with Crippen LogP contribution in [0, 0.1) is 0 Å². The van der Waals surface area contributed by atoms with Crippen molar-refractivity contribution in [3.63, 3.8) is 0 Å². The zero-order valence-corrected chi connectivity index (χ0v) is 19.3. The number of benzene rings is 1. The molecule has 1 amide bonds. The molecular formula is C26H23F3N4O2. The molecule has 0 unspecified atom stereocenters. The first-order valence-corrected chi connectivity index (χ1v) is 11.3. The topological polar surface area (TPSA) is 60.1 Å². The average molecular weight is 480 g/mol. The second-order valence-electron chi connectivity index (χ2n) is 8.66. The number of rotatable bonds is 3. The number of fused-ring (bicyclic) bond motifs is 3. The molecule has 0 fully saturated rings. The summed E-state index contributed by atoms with van der Waals surface area (Å²) in [6.45, 7) is 3.13. The van der Waals surface area contributed by atoms with Crippen LogP contribution >= 0.6 is 0 Å². The quantitative estimate of drug-likeness (QED) is 0.427. The molecule has 35 heavy (non-hydrogen) atoms. The molecular weight excluding hydrogens is 457 g/mol. The molecule has 4 heterocycles. The van der Waals surface area contributed by atoms with Crippen LogP contribution in [-0.4, -0.2) is 31.5 Å². The molecule has 0 atom stereocenters. The van der Waals surface area contributed by atoms with E-state index in [1.807, 2.05) is 37.1 Å². The highest BCUT2D eigenvalue weighted by Gasteiger charge is 2.30. The molecule has 0 saturated carbocycles. The van der Waals surface area contributed by atoms with E-state index >= 15 is 0 Å². The third kappa shape index (κ3) is 4.00. The molecule has 0 bridgehead atoms. The lowest BCUT2D eigenvalue weighted by Gasteiger charge is -2.27. The number of carbonyl (C=O) groups excluding carboxylic acids is 1. The van der Waals surface area contributed by atoms with Gasteiger partial charge in [0.2, 0.25) is 5.91 Å². The molecule has 0 saturated heterocycles. The van der Waals surface area contributed by atoms with Gasteiger partial charge in [0.1, 0.15) is 0 Å². The summed E-state index contributed by atoms with van der Waals surface area (Å²) in [5, 5.41) is 1.05. The number of amides is 1. The lowest BCUT2D eigenvalue weighted by atomic mass is 10.0. The largest absolute Gasteiger partial charge is 0.417 e. The van der Waals surface area contributed by atoms with Crippen molar-refractivity contribution in [3.05, 3.63) is 82.0 Å². The third-order valence-electron chi connectivity index (χ3n) is 6.63. The van der Waals surface area contributed by atoms with Gasteiger partial charge in [-0.25, -0.2) is 0 Å². The summed E-state index contributed by atoms with van der Waals surface area (Å²) < 4.78 is 42.0. The number of nitrogens with zero attached hydrogens (tertiary/aromatic N) is 4. The van der Waals surface area contributed by atoms with E-state index in [2.05, 4.69) is 9.55 Å². The number of hydrogen-bond acceptors (Lipinski definition) is 3. The minimum atomic E-state index is -4.46. The van der Waals surface area contributed by atoms with Crippen molar-refractivity contribution in [3.8, 4) is 16.9 Å². The van der Waals surface area contributed by atoms with Gasteiger partial charge < -0.3 is 9.47 Å². The molecule has 180 valence electrons. The van der Waals surface area contributed by atoms with Crippen molar-refractivity contribution in [1.29, 1.82) is 0 Å². The Balaban J connectivity index is 1.49. The molecule has 6 nitrogen and oxygen atoms in total. The second kappa shape index (κ2) is 8.41. The van der Waals surface area contributed by atoms with Gasteiger partial charge in [-0.15, -0.1) is 0 Å². The fourth-order valence-corrected chi connectivity index (χ4v) is 4.73. The molecule has 9 heteroatoms. The summed E-state index contributed by atoms with van der Waals surface area (Å²) in [5.74, 6) is 0.137. The van der Waals surface area contributed by atoms with Gasteiger partial charge in [0.15, 0.2) is 0 Å². The SMILES string of the molecule is CCC(=O)N1CCc2c(c3ccc(-n4ccc(-c5ccc(C(F)(F)F)cn5)cc4=O)cc3n2C)C1. The van der Waals surface area contributed by atoms with E-state index in [1.54, 1.807) is 12.3 Å². The predicted molar refractivity (Wildman–Crippen MR) is 126 cm³/mol. The maximum Gasteiger partial charge on any atom is 0.417 e. The smallest absolute Gasteiger partial charge is 0.347 e. The van der Waals surface area contributed by atoms with Gasteiger partial charge >= 0.3 is 6.18 Å². The van der Waals surface area contributed by atoms with Gasteiger partial charge in [0, 0.05) is 73.6 Å². The molecule has 4 aromatic rings. The number of halogens is 3. The number of pyridine rings is 2. The summed E-state index contributed by atoms with van der Waals surface area (Å²) in [6.07, 6.45) is -0.848. The van der Waals surface area contributed by atoms with Crippen LogP contribution in [0.3, 0.4) is 0 Å². The first-order valence-electron chi connectivity index (χ1n) is 11.3. The van der Waals surface area contributed by atoms with Gasteiger partial charge in [-0.1, -0.05) is 13.0 Å². The summed E-state index contributed by atoms with van der Waals surface area (Å²) >= 11 is 0. The van der Waals surface area contributed by atoms with Crippen molar-refractivity contribution in [2.45, 2.75) is 32.5 Å². The first-order chi connectivity index (χ1) is 16.7. The predicted octanol–water partition coefficient (Wildman–Crippen LogP) is 4.70. The Kier molecular flexibility index (Phi) is 5.50. The number of carbonyl (C=O) groups is 1. The van der Waals surface area contributed by atoms with Crippen LogP contribution < -0.4 is 5.56 Å². The second-order valence-corrected chi connectivity index (χ2v) is 8.66. The molecule has 1 aromatic carbocycles. The van der Waals surface area contributed by atoms with Crippen molar-refractivity contribution in [1.82, 2.24) is 19.0 Å². The highest BCUT2D eigenvalue weighted by Crippen LogP contribution is 2.32. The third-order valence-corrected chi connectivity index (χ3v) is 6.63. The van der Waals surface area contributed by atoms with Gasteiger partial charge in [-0.3, -0.25) is 19.1 Å². The number of aryl methyl sites for hydroxylation is 1. The van der Waals surface area contributed by atoms with Crippen molar-refractivity contribution >= 4 is 16.8 Å². The van der Waals surface area contributed by atoms with E-state index in [0.29, 0.717) is 36.5 Å². The molecule has 5 rings (SSSR count). The zero-order chi connectivity index (χ0) is 24.9.